The van der Waals surface area contributed by atoms with Gasteiger partial charge < -0.3 is 20.1 Å². The maximum absolute atomic E-state index is 5.39. The van der Waals surface area contributed by atoms with Crippen molar-refractivity contribution in [1.82, 2.24) is 20.5 Å². The second kappa shape index (κ2) is 10.5. The van der Waals surface area contributed by atoms with Crippen LogP contribution in [0.25, 0.3) is 0 Å². The molecule has 2 aromatic rings. The van der Waals surface area contributed by atoms with Crippen molar-refractivity contribution < 1.29 is 9.47 Å². The van der Waals surface area contributed by atoms with Gasteiger partial charge in [-0.1, -0.05) is 0 Å². The molecular weight excluding hydrogens is 386 g/mol. The van der Waals surface area contributed by atoms with Gasteiger partial charge in [-0.25, -0.2) is 9.98 Å². The van der Waals surface area contributed by atoms with Crippen LogP contribution in [0, 0.1) is 6.92 Å². The number of likely N-dealkylation sites (tertiary alicyclic amines) is 1. The first-order chi connectivity index (χ1) is 14.1. The van der Waals surface area contributed by atoms with Gasteiger partial charge in [-0.2, -0.15) is 0 Å². The van der Waals surface area contributed by atoms with Crippen LogP contribution < -0.4 is 20.1 Å². The highest BCUT2D eigenvalue weighted by molar-refractivity contribution is 7.11. The van der Waals surface area contributed by atoms with Gasteiger partial charge in [0.2, 0.25) is 0 Å². The Morgan fingerprint density at radius 3 is 2.66 bits per heavy atom. The molecule has 0 amide bonds. The second-order valence-electron chi connectivity index (χ2n) is 7.15. The lowest BCUT2D eigenvalue weighted by Gasteiger charge is -2.19. The molecule has 158 valence electrons. The van der Waals surface area contributed by atoms with Gasteiger partial charge in [0.25, 0.3) is 0 Å². The summed E-state index contributed by atoms with van der Waals surface area (Å²) in [5.41, 5.74) is 1.20. The van der Waals surface area contributed by atoms with Gasteiger partial charge in [-0.05, 0) is 38.0 Å². The number of aromatic nitrogens is 1. The highest BCUT2D eigenvalue weighted by atomic mass is 32.1. The summed E-state index contributed by atoms with van der Waals surface area (Å²) in [4.78, 5) is 12.8. The molecule has 2 N–H and O–H groups in total. The number of hydrogen-bond acceptors (Lipinski definition) is 6. The number of aliphatic imine (C=N–C) groups is 1. The average molecular weight is 418 g/mol. The third kappa shape index (κ3) is 6.33. The molecule has 1 aromatic carbocycles. The fraction of sp³-hybridized carbons (Fsp3) is 0.524. The molecule has 0 bridgehead atoms. The van der Waals surface area contributed by atoms with Crippen molar-refractivity contribution in [2.24, 2.45) is 4.99 Å². The first kappa shape index (κ1) is 21.4. The minimum atomic E-state index is 0.373. The Hall–Kier alpha value is -2.32. The van der Waals surface area contributed by atoms with E-state index in [-0.39, 0.29) is 0 Å². The standard InChI is InChI=1S/C21H31N5O2S/c1-5-22-21(24-12-20-23-11-15(2)29-20)25-17-6-7-26(14-17)13-16-8-18(27-3)10-19(9-16)28-4/h8-11,17H,5-7,12-14H2,1-4H3,(H2,22,24,25). The number of rotatable bonds is 8. The summed E-state index contributed by atoms with van der Waals surface area (Å²) < 4.78 is 10.8. The number of ether oxygens (including phenoxy) is 2. The van der Waals surface area contributed by atoms with Crippen LogP contribution >= 0.6 is 11.3 Å². The van der Waals surface area contributed by atoms with E-state index in [0.29, 0.717) is 12.6 Å². The average Bonchev–Trinajstić information content (AvgIpc) is 3.34. The molecule has 29 heavy (non-hydrogen) atoms. The fourth-order valence-electron chi connectivity index (χ4n) is 3.44. The van der Waals surface area contributed by atoms with Gasteiger partial charge in [-0.3, -0.25) is 4.90 Å². The third-order valence-corrected chi connectivity index (χ3v) is 5.71. The highest BCUT2D eigenvalue weighted by Crippen LogP contribution is 2.24. The summed E-state index contributed by atoms with van der Waals surface area (Å²) in [5, 5.41) is 7.97. The number of hydrogen-bond donors (Lipinski definition) is 2. The van der Waals surface area contributed by atoms with Crippen LogP contribution in [0.1, 0.15) is 28.8 Å². The van der Waals surface area contributed by atoms with Crippen LogP contribution in [-0.2, 0) is 13.1 Å². The van der Waals surface area contributed by atoms with Crippen LogP contribution in [-0.4, -0.2) is 55.7 Å². The van der Waals surface area contributed by atoms with Crippen LogP contribution in [0.2, 0.25) is 0 Å². The molecule has 1 saturated heterocycles. The summed E-state index contributed by atoms with van der Waals surface area (Å²) in [6.07, 6.45) is 2.99. The Morgan fingerprint density at radius 1 is 1.28 bits per heavy atom. The Bertz CT molecular complexity index is 801. The minimum absolute atomic E-state index is 0.373. The Labute approximate surface area is 177 Å². The van der Waals surface area contributed by atoms with Crippen molar-refractivity contribution in [3.05, 3.63) is 39.8 Å². The molecule has 0 spiro atoms. The molecule has 1 aromatic heterocycles. The number of guanidine groups is 1. The van der Waals surface area contributed by atoms with E-state index in [0.717, 1.165) is 55.1 Å². The van der Waals surface area contributed by atoms with Crippen LogP contribution in [0.5, 0.6) is 11.5 Å². The molecule has 1 atom stereocenters. The van der Waals surface area contributed by atoms with Crippen molar-refractivity contribution in [2.75, 3.05) is 33.9 Å². The fourth-order valence-corrected chi connectivity index (χ4v) is 4.16. The molecule has 3 rings (SSSR count). The predicted molar refractivity (Wildman–Crippen MR) is 118 cm³/mol. The van der Waals surface area contributed by atoms with E-state index < -0.39 is 0 Å². The van der Waals surface area contributed by atoms with E-state index in [9.17, 15) is 0 Å². The van der Waals surface area contributed by atoms with E-state index in [1.54, 1.807) is 25.6 Å². The Morgan fingerprint density at radius 2 is 2.03 bits per heavy atom. The number of methoxy groups -OCH3 is 2. The molecule has 0 radical (unpaired) electrons. The topological polar surface area (TPSA) is 71.0 Å². The number of benzene rings is 1. The lowest BCUT2D eigenvalue weighted by Crippen LogP contribution is -2.44. The molecule has 2 heterocycles. The van der Waals surface area contributed by atoms with Gasteiger partial charge >= 0.3 is 0 Å². The van der Waals surface area contributed by atoms with Gasteiger partial charge in [0.15, 0.2) is 5.96 Å². The smallest absolute Gasteiger partial charge is 0.191 e. The number of aryl methyl sites for hydroxylation is 1. The molecule has 8 heteroatoms. The minimum Gasteiger partial charge on any atom is -0.497 e. The lowest BCUT2D eigenvalue weighted by atomic mass is 10.2. The van der Waals surface area contributed by atoms with Crippen molar-refractivity contribution in [3.8, 4) is 11.5 Å². The van der Waals surface area contributed by atoms with Crippen LogP contribution in [0.4, 0.5) is 0 Å². The van der Waals surface area contributed by atoms with Gasteiger partial charge in [0, 0.05) is 49.4 Å². The maximum atomic E-state index is 5.39. The molecular formula is C21H31N5O2S. The first-order valence-corrected chi connectivity index (χ1v) is 10.8. The monoisotopic (exact) mass is 417 g/mol. The van der Waals surface area contributed by atoms with Gasteiger partial charge in [0.05, 0.1) is 20.8 Å². The molecule has 1 aliphatic rings. The maximum Gasteiger partial charge on any atom is 0.191 e. The van der Waals surface area contributed by atoms with Crippen LogP contribution in [0.15, 0.2) is 29.4 Å². The molecule has 0 saturated carbocycles. The van der Waals surface area contributed by atoms with E-state index in [1.807, 2.05) is 12.3 Å². The number of thiazole rings is 1. The molecule has 1 unspecified atom stereocenters. The second-order valence-corrected chi connectivity index (χ2v) is 8.47. The zero-order chi connectivity index (χ0) is 20.6. The van der Waals surface area contributed by atoms with E-state index in [1.165, 1.54) is 10.4 Å². The summed E-state index contributed by atoms with van der Waals surface area (Å²) >= 11 is 1.70. The SMILES string of the molecule is CCNC(=NCc1ncc(C)s1)NC1CCN(Cc2cc(OC)cc(OC)c2)C1. The number of nitrogens with one attached hydrogen (secondary N) is 2. The summed E-state index contributed by atoms with van der Waals surface area (Å²) in [7, 11) is 3.37. The summed E-state index contributed by atoms with van der Waals surface area (Å²) in [6, 6.07) is 6.43. The Balaban J connectivity index is 1.56. The predicted octanol–water partition coefficient (Wildman–Crippen LogP) is 2.80. The van der Waals surface area contributed by atoms with Crippen molar-refractivity contribution in [1.29, 1.82) is 0 Å². The number of nitrogens with zero attached hydrogens (tertiary/aromatic N) is 3. The van der Waals surface area contributed by atoms with E-state index in [2.05, 4.69) is 46.5 Å². The van der Waals surface area contributed by atoms with Gasteiger partial charge in [0.1, 0.15) is 16.5 Å². The van der Waals surface area contributed by atoms with Gasteiger partial charge in [-0.15, -0.1) is 11.3 Å². The molecule has 1 fully saturated rings. The van der Waals surface area contributed by atoms with Crippen molar-refractivity contribution >= 4 is 17.3 Å². The van der Waals surface area contributed by atoms with E-state index in [4.69, 9.17) is 14.5 Å². The zero-order valence-electron chi connectivity index (χ0n) is 17.7. The Kier molecular flexibility index (Phi) is 7.71. The summed E-state index contributed by atoms with van der Waals surface area (Å²) in [6.45, 7) is 8.48. The first-order valence-electron chi connectivity index (χ1n) is 10.00. The van der Waals surface area contributed by atoms with Crippen molar-refractivity contribution in [2.45, 2.75) is 39.4 Å². The largest absolute Gasteiger partial charge is 0.497 e. The molecule has 7 nitrogen and oxygen atoms in total. The lowest BCUT2D eigenvalue weighted by molar-refractivity contribution is 0.321. The molecule has 0 aliphatic carbocycles. The van der Waals surface area contributed by atoms with Crippen molar-refractivity contribution in [3.63, 3.8) is 0 Å². The zero-order valence-corrected chi connectivity index (χ0v) is 18.5. The summed E-state index contributed by atoms with van der Waals surface area (Å²) in [5.74, 6) is 2.51. The highest BCUT2D eigenvalue weighted by Gasteiger charge is 2.23. The quantitative estimate of drug-likeness (QED) is 0.508. The third-order valence-electron chi connectivity index (χ3n) is 4.82. The van der Waals surface area contributed by atoms with Crippen LogP contribution in [0.3, 0.4) is 0 Å². The van der Waals surface area contributed by atoms with E-state index >= 15 is 0 Å². The molecule has 1 aliphatic heterocycles. The normalized spacial score (nSPS) is 17.4.